The fraction of sp³-hybridized carbons (Fsp3) is 0.500. The minimum Gasteiger partial charge on any atom is 0 e. The summed E-state index contributed by atoms with van der Waals surface area (Å²) in [5.41, 5.74) is -2.74. The van der Waals surface area contributed by atoms with Gasteiger partial charge in [0.1, 0.15) is 0 Å². The molecule has 0 aromatic carbocycles. The maximum Gasteiger partial charge on any atom is 0 e. The quantitative estimate of drug-likeness (QED) is 0.393. The topological polar surface area (TPSA) is 132 Å². The number of carboxylic acid groups (broad SMARTS) is 3. The summed E-state index contributed by atoms with van der Waals surface area (Å²) in [6.45, 7) is 0. The van der Waals surface area contributed by atoms with Crippen molar-refractivity contribution in [1.82, 2.24) is 0 Å². The first-order chi connectivity index (χ1) is 5.78. The van der Waals surface area contributed by atoms with Crippen LogP contribution in [0, 0.1) is 0 Å². The summed E-state index contributed by atoms with van der Waals surface area (Å²) >= 11 is 0. The average molecular weight is 312 g/mol. The molecule has 4 N–H and O–H groups in total. The van der Waals surface area contributed by atoms with E-state index >= 15 is 0 Å². The van der Waals surface area contributed by atoms with Crippen LogP contribution in [0.5, 0.6) is 0 Å². The van der Waals surface area contributed by atoms with Crippen molar-refractivity contribution in [2.24, 2.45) is 0 Å². The Labute approximate surface area is 178 Å². The van der Waals surface area contributed by atoms with Gasteiger partial charge in [-0.1, -0.05) is 0 Å². The molecule has 7 nitrogen and oxygen atoms in total. The first-order valence-electron chi connectivity index (χ1n) is 3.17. The van der Waals surface area contributed by atoms with Crippen LogP contribution in [0.4, 0.5) is 0 Å². The molecule has 0 heterocycles. The van der Waals surface area contributed by atoms with E-state index in [9.17, 15) is 14.4 Å². The van der Waals surface area contributed by atoms with E-state index in [2.05, 4.69) is 0 Å². The van der Waals surface area contributed by atoms with Crippen molar-refractivity contribution in [3.05, 3.63) is 0 Å². The summed E-state index contributed by atoms with van der Waals surface area (Å²) < 4.78 is 0. The fourth-order valence-corrected chi connectivity index (χ4v) is 0.714. The average Bonchev–Trinajstić information content (AvgIpc) is 1.82. The van der Waals surface area contributed by atoms with E-state index in [0.29, 0.717) is 0 Å². The molecule has 0 bridgehead atoms. The van der Waals surface area contributed by atoms with E-state index in [1.54, 1.807) is 0 Å². The Morgan fingerprint density at radius 3 is 1.18 bits per heavy atom. The van der Waals surface area contributed by atoms with Crippen LogP contribution in [-0.4, -0.2) is 133 Å². The van der Waals surface area contributed by atoms with Gasteiger partial charge in [-0.3, -0.25) is 9.59 Å². The zero-order chi connectivity index (χ0) is 10.6. The predicted octanol–water partition coefficient (Wildman–Crippen LogP) is -3.20. The van der Waals surface area contributed by atoms with Crippen LogP contribution in [0.15, 0.2) is 0 Å². The molecule has 17 heavy (non-hydrogen) atoms. The standard InChI is InChI=1S/C6H8O7.3Na.Ti.3H/c7-3(8)1-6(13,5(11)12)2-4(9)10;;;;;;;/h13H,1-2H2,(H,7,8)(H,9,10)(H,11,12);;;;;;;. The van der Waals surface area contributed by atoms with Crippen LogP contribution in [0.2, 0.25) is 0 Å². The largest absolute Gasteiger partial charge is 0 e. The van der Waals surface area contributed by atoms with Gasteiger partial charge in [0, 0.05) is 21.7 Å². The van der Waals surface area contributed by atoms with E-state index in [4.69, 9.17) is 20.4 Å². The van der Waals surface area contributed by atoms with Gasteiger partial charge in [0.15, 0.2) is 5.60 Å². The molecule has 0 fully saturated rings. The van der Waals surface area contributed by atoms with E-state index in [1.165, 1.54) is 0 Å². The van der Waals surface area contributed by atoms with Gasteiger partial charge < -0.3 is 20.4 Å². The Morgan fingerprint density at radius 1 is 0.824 bits per heavy atom. The van der Waals surface area contributed by atoms with Crippen LogP contribution in [0.25, 0.3) is 0 Å². The summed E-state index contributed by atoms with van der Waals surface area (Å²) in [4.78, 5) is 30.5. The zero-order valence-electron chi connectivity index (χ0n) is 6.93. The Kier molecular flexibility index (Phi) is 26.8. The molecule has 0 atom stereocenters. The second-order valence-corrected chi connectivity index (χ2v) is 2.48. The summed E-state index contributed by atoms with van der Waals surface area (Å²) in [6, 6.07) is 0. The third-order valence-electron chi connectivity index (χ3n) is 1.29. The number of carbonyl (C=O) groups is 3. The van der Waals surface area contributed by atoms with Gasteiger partial charge in [-0.05, 0) is 0 Å². The van der Waals surface area contributed by atoms with Crippen molar-refractivity contribution >= 4 is 107 Å². The van der Waals surface area contributed by atoms with Crippen molar-refractivity contribution in [3.8, 4) is 0 Å². The van der Waals surface area contributed by atoms with Gasteiger partial charge in [-0.15, -0.1) is 0 Å². The fourth-order valence-electron chi connectivity index (χ4n) is 0.714. The van der Waals surface area contributed by atoms with Crippen LogP contribution >= 0.6 is 0 Å². The number of aliphatic hydroxyl groups is 1. The molecule has 0 aliphatic heterocycles. The van der Waals surface area contributed by atoms with Gasteiger partial charge in [0.05, 0.1) is 12.8 Å². The smallest absolute Gasteiger partial charge is 0 e. The first kappa shape index (κ1) is 31.5. The number of hydrogen-bond donors (Lipinski definition) is 4. The summed E-state index contributed by atoms with van der Waals surface area (Å²) in [5, 5.41) is 33.8. The zero-order valence-corrected chi connectivity index (χ0v) is 8.49. The van der Waals surface area contributed by atoms with Gasteiger partial charge in [0.25, 0.3) is 0 Å². The molecule has 0 aromatic rings. The molecule has 0 aromatic heterocycles. The van der Waals surface area contributed by atoms with Crippen LogP contribution in [0.1, 0.15) is 12.8 Å². The van der Waals surface area contributed by atoms with E-state index in [-0.39, 0.29) is 110 Å². The monoisotopic (exact) mass is 312 g/mol. The number of aliphatic carboxylic acids is 3. The minimum atomic E-state index is -2.74. The molecular formula is C6H11Na3O7Ti. The molecule has 0 unspecified atom stereocenters. The predicted molar refractivity (Wildman–Crippen MR) is 58.5 cm³/mol. The minimum absolute atomic E-state index is 0. The van der Waals surface area contributed by atoms with Crippen molar-refractivity contribution in [1.29, 1.82) is 0 Å². The maximum atomic E-state index is 10.3. The summed E-state index contributed by atoms with van der Waals surface area (Å²) in [5.74, 6) is -5.02. The van der Waals surface area contributed by atoms with Crippen molar-refractivity contribution < 1.29 is 56.5 Å². The molecule has 0 spiro atoms. The third-order valence-corrected chi connectivity index (χ3v) is 1.29. The molecule has 0 radical (unpaired) electrons. The Morgan fingerprint density at radius 2 is 1.06 bits per heavy atom. The van der Waals surface area contributed by atoms with E-state index in [1.807, 2.05) is 0 Å². The van der Waals surface area contributed by atoms with E-state index < -0.39 is 36.4 Å². The van der Waals surface area contributed by atoms with E-state index in [0.717, 1.165) is 0 Å². The second-order valence-electron chi connectivity index (χ2n) is 2.48. The number of carboxylic acids is 3. The molecule has 0 aliphatic carbocycles. The number of hydrogen-bond acceptors (Lipinski definition) is 4. The molecule has 11 heteroatoms. The normalized spacial score (nSPS) is 8.29. The molecule has 84 valence electrons. The second kappa shape index (κ2) is 14.5. The van der Waals surface area contributed by atoms with Gasteiger partial charge in [-0.2, -0.15) is 0 Å². The van der Waals surface area contributed by atoms with Gasteiger partial charge >= 0.3 is 107 Å². The maximum absolute atomic E-state index is 10.3. The third kappa shape index (κ3) is 14.3. The van der Waals surface area contributed by atoms with Crippen LogP contribution < -0.4 is 0 Å². The number of rotatable bonds is 5. The first-order valence-corrected chi connectivity index (χ1v) is 3.17. The summed E-state index contributed by atoms with van der Waals surface area (Å²) in [7, 11) is 0. The van der Waals surface area contributed by atoms with Crippen LogP contribution in [-0.2, 0) is 36.1 Å². The van der Waals surface area contributed by atoms with Crippen molar-refractivity contribution in [3.63, 3.8) is 0 Å². The SMILES string of the molecule is O=C(O)CC(O)(CC(=O)O)C(=O)O.[NaH].[NaH].[NaH].[Ti]. The van der Waals surface area contributed by atoms with Crippen molar-refractivity contribution in [2.45, 2.75) is 18.4 Å². The molecule has 0 rings (SSSR count). The molecule has 0 aliphatic rings. The van der Waals surface area contributed by atoms with Crippen molar-refractivity contribution in [2.75, 3.05) is 0 Å². The Hall–Kier alpha value is 2.08. The molecule has 0 saturated heterocycles. The van der Waals surface area contributed by atoms with Gasteiger partial charge in [0.2, 0.25) is 0 Å². The summed E-state index contributed by atoms with van der Waals surface area (Å²) in [6.07, 6.45) is -2.29. The Balaban J connectivity index is -0.000000120. The molecule has 0 amide bonds. The molecule has 0 saturated carbocycles. The van der Waals surface area contributed by atoms with Crippen LogP contribution in [0.3, 0.4) is 0 Å². The molecular weight excluding hydrogens is 301 g/mol. The Bertz CT molecular complexity index is 244. The van der Waals surface area contributed by atoms with Gasteiger partial charge in [-0.25, -0.2) is 4.79 Å².